The number of halogens is 1. The van der Waals surface area contributed by atoms with Gasteiger partial charge in [0.1, 0.15) is 0 Å². The molecule has 2 aromatic rings. The van der Waals surface area contributed by atoms with Crippen LogP contribution in [-0.4, -0.2) is 32.1 Å². The Kier molecular flexibility index (Phi) is 6.37. The van der Waals surface area contributed by atoms with Crippen LogP contribution in [0.3, 0.4) is 0 Å². The van der Waals surface area contributed by atoms with E-state index < -0.39 is 23.7 Å². The minimum absolute atomic E-state index is 0.0543. The van der Waals surface area contributed by atoms with Crippen LogP contribution in [0.25, 0.3) is 0 Å². The number of hydrazine groups is 1. The first-order valence-corrected chi connectivity index (χ1v) is 7.69. The van der Waals surface area contributed by atoms with Crippen LogP contribution >= 0.6 is 0 Å². The number of para-hydroxylation sites is 1. The fourth-order valence-electron chi connectivity index (χ4n) is 2.05. The Labute approximate surface area is 150 Å². The van der Waals surface area contributed by atoms with Crippen molar-refractivity contribution >= 4 is 11.8 Å². The zero-order chi connectivity index (χ0) is 19.1. The molecule has 26 heavy (non-hydrogen) atoms. The van der Waals surface area contributed by atoms with E-state index in [1.165, 1.54) is 51.5 Å². The van der Waals surface area contributed by atoms with Gasteiger partial charge in [0.15, 0.2) is 29.2 Å². The fraction of sp³-hybridized carbons (Fsp3) is 0.222. The van der Waals surface area contributed by atoms with Crippen molar-refractivity contribution in [2.75, 3.05) is 14.2 Å². The van der Waals surface area contributed by atoms with Crippen LogP contribution in [0, 0.1) is 5.82 Å². The second kappa shape index (κ2) is 8.70. The van der Waals surface area contributed by atoms with Gasteiger partial charge in [-0.3, -0.25) is 20.4 Å². The van der Waals surface area contributed by atoms with Crippen molar-refractivity contribution in [1.29, 1.82) is 0 Å². The normalized spacial score (nSPS) is 11.2. The Morgan fingerprint density at radius 1 is 0.962 bits per heavy atom. The minimum atomic E-state index is -1.02. The zero-order valence-electron chi connectivity index (χ0n) is 14.5. The SMILES string of the molecule is COc1ccc(C(=O)NNC(=O)[C@H](C)Oc2ccccc2F)cc1OC. The smallest absolute Gasteiger partial charge is 0.279 e. The zero-order valence-corrected chi connectivity index (χ0v) is 14.5. The molecule has 2 amide bonds. The van der Waals surface area contributed by atoms with Gasteiger partial charge in [-0.1, -0.05) is 12.1 Å². The van der Waals surface area contributed by atoms with E-state index in [9.17, 15) is 14.0 Å². The molecule has 0 aliphatic rings. The van der Waals surface area contributed by atoms with Crippen molar-refractivity contribution in [2.24, 2.45) is 0 Å². The quantitative estimate of drug-likeness (QED) is 0.769. The first-order valence-electron chi connectivity index (χ1n) is 7.69. The molecular weight excluding hydrogens is 343 g/mol. The van der Waals surface area contributed by atoms with Gasteiger partial charge >= 0.3 is 0 Å². The number of hydrogen-bond donors (Lipinski definition) is 2. The molecule has 0 unspecified atom stereocenters. The summed E-state index contributed by atoms with van der Waals surface area (Å²) < 4.78 is 29.0. The minimum Gasteiger partial charge on any atom is -0.493 e. The highest BCUT2D eigenvalue weighted by Gasteiger charge is 2.18. The first kappa shape index (κ1) is 19.0. The largest absolute Gasteiger partial charge is 0.493 e. The molecule has 2 rings (SSSR count). The first-order chi connectivity index (χ1) is 12.5. The van der Waals surface area contributed by atoms with E-state index in [0.29, 0.717) is 11.5 Å². The Hall–Kier alpha value is -3.29. The molecule has 2 N–H and O–H groups in total. The van der Waals surface area contributed by atoms with Crippen LogP contribution in [0.4, 0.5) is 4.39 Å². The summed E-state index contributed by atoms with van der Waals surface area (Å²) in [7, 11) is 2.93. The summed E-state index contributed by atoms with van der Waals surface area (Å²) in [6.45, 7) is 1.43. The highest BCUT2D eigenvalue weighted by Crippen LogP contribution is 2.27. The lowest BCUT2D eigenvalue weighted by molar-refractivity contribution is -0.128. The second-order valence-electron chi connectivity index (χ2n) is 5.20. The molecule has 0 aliphatic heterocycles. The van der Waals surface area contributed by atoms with Gasteiger partial charge in [-0.05, 0) is 37.3 Å². The molecule has 0 heterocycles. The second-order valence-corrected chi connectivity index (χ2v) is 5.20. The van der Waals surface area contributed by atoms with Crippen molar-refractivity contribution in [3.05, 3.63) is 53.8 Å². The number of ether oxygens (including phenoxy) is 3. The monoisotopic (exact) mass is 362 g/mol. The van der Waals surface area contributed by atoms with E-state index in [1.54, 1.807) is 12.1 Å². The molecule has 0 radical (unpaired) electrons. The van der Waals surface area contributed by atoms with Crippen molar-refractivity contribution in [3.8, 4) is 17.2 Å². The standard InChI is InChI=1S/C18H19FN2O5/c1-11(26-14-7-5-4-6-13(14)19)17(22)20-21-18(23)12-8-9-15(24-2)16(10-12)25-3/h4-11H,1-3H3,(H,20,22)(H,21,23)/t11-/m0/s1. The Morgan fingerprint density at radius 2 is 1.65 bits per heavy atom. The van der Waals surface area contributed by atoms with Crippen molar-refractivity contribution in [3.63, 3.8) is 0 Å². The van der Waals surface area contributed by atoms with Crippen LogP contribution in [0.2, 0.25) is 0 Å². The number of carbonyl (C=O) groups is 2. The Morgan fingerprint density at radius 3 is 2.31 bits per heavy atom. The van der Waals surface area contributed by atoms with Crippen molar-refractivity contribution in [2.45, 2.75) is 13.0 Å². The lowest BCUT2D eigenvalue weighted by Crippen LogP contribution is -2.47. The third-order valence-corrected chi connectivity index (χ3v) is 3.45. The number of benzene rings is 2. The Bertz CT molecular complexity index is 797. The summed E-state index contributed by atoms with van der Waals surface area (Å²) in [5, 5.41) is 0. The summed E-state index contributed by atoms with van der Waals surface area (Å²) in [6.07, 6.45) is -1.02. The number of rotatable bonds is 6. The van der Waals surface area contributed by atoms with Gasteiger partial charge in [0.05, 0.1) is 14.2 Å². The molecule has 8 heteroatoms. The maximum Gasteiger partial charge on any atom is 0.279 e. The molecule has 0 bridgehead atoms. The molecule has 0 aromatic heterocycles. The van der Waals surface area contributed by atoms with E-state index in [2.05, 4.69) is 10.9 Å². The van der Waals surface area contributed by atoms with Crippen LogP contribution in [-0.2, 0) is 4.79 Å². The van der Waals surface area contributed by atoms with E-state index in [4.69, 9.17) is 14.2 Å². The maximum absolute atomic E-state index is 13.5. The maximum atomic E-state index is 13.5. The number of amides is 2. The van der Waals surface area contributed by atoms with Gasteiger partial charge in [0.2, 0.25) is 0 Å². The molecule has 0 saturated heterocycles. The van der Waals surface area contributed by atoms with Gasteiger partial charge in [0, 0.05) is 5.56 Å². The van der Waals surface area contributed by atoms with Gasteiger partial charge in [-0.25, -0.2) is 4.39 Å². The van der Waals surface area contributed by atoms with Gasteiger partial charge in [-0.2, -0.15) is 0 Å². The van der Waals surface area contributed by atoms with Gasteiger partial charge in [-0.15, -0.1) is 0 Å². The molecule has 2 aromatic carbocycles. The highest BCUT2D eigenvalue weighted by molar-refractivity contribution is 5.96. The molecule has 0 saturated carbocycles. The lowest BCUT2D eigenvalue weighted by Gasteiger charge is -2.15. The van der Waals surface area contributed by atoms with Gasteiger partial charge in [0.25, 0.3) is 11.8 Å². The average molecular weight is 362 g/mol. The topological polar surface area (TPSA) is 85.9 Å². The molecule has 7 nitrogen and oxygen atoms in total. The number of hydrogen-bond acceptors (Lipinski definition) is 5. The molecule has 0 aliphatic carbocycles. The van der Waals surface area contributed by atoms with E-state index in [1.807, 2.05) is 0 Å². The summed E-state index contributed by atoms with van der Waals surface area (Å²) >= 11 is 0. The van der Waals surface area contributed by atoms with E-state index >= 15 is 0 Å². The summed E-state index contributed by atoms with van der Waals surface area (Å²) in [5.74, 6) is -0.981. The predicted octanol–water partition coefficient (Wildman–Crippen LogP) is 2.07. The van der Waals surface area contributed by atoms with Crippen molar-refractivity contribution in [1.82, 2.24) is 10.9 Å². The summed E-state index contributed by atoms with van der Waals surface area (Å²) in [5.41, 5.74) is 4.74. The summed E-state index contributed by atoms with van der Waals surface area (Å²) in [6, 6.07) is 10.3. The highest BCUT2D eigenvalue weighted by atomic mass is 19.1. The Balaban J connectivity index is 1.94. The molecule has 138 valence electrons. The van der Waals surface area contributed by atoms with E-state index in [-0.39, 0.29) is 11.3 Å². The number of methoxy groups -OCH3 is 2. The number of nitrogens with one attached hydrogen (secondary N) is 2. The predicted molar refractivity (Wildman–Crippen MR) is 91.6 cm³/mol. The third-order valence-electron chi connectivity index (χ3n) is 3.45. The molecule has 0 fully saturated rings. The van der Waals surface area contributed by atoms with Crippen LogP contribution in [0.1, 0.15) is 17.3 Å². The van der Waals surface area contributed by atoms with Crippen LogP contribution < -0.4 is 25.1 Å². The fourth-order valence-corrected chi connectivity index (χ4v) is 2.05. The van der Waals surface area contributed by atoms with E-state index in [0.717, 1.165) is 0 Å². The molecular formula is C18H19FN2O5. The third kappa shape index (κ3) is 4.62. The van der Waals surface area contributed by atoms with Crippen molar-refractivity contribution < 1.29 is 28.2 Å². The number of carbonyl (C=O) groups excluding carboxylic acids is 2. The summed E-state index contributed by atoms with van der Waals surface area (Å²) in [4.78, 5) is 24.1. The van der Waals surface area contributed by atoms with Gasteiger partial charge < -0.3 is 14.2 Å². The van der Waals surface area contributed by atoms with Crippen LogP contribution in [0.15, 0.2) is 42.5 Å². The van der Waals surface area contributed by atoms with Crippen LogP contribution in [0.5, 0.6) is 17.2 Å². The molecule has 0 spiro atoms. The molecule has 1 atom stereocenters. The average Bonchev–Trinajstić information content (AvgIpc) is 2.66. The lowest BCUT2D eigenvalue weighted by atomic mass is 10.2.